The van der Waals surface area contributed by atoms with Gasteiger partial charge in [-0.05, 0) is 57.9 Å². The molecule has 0 unspecified atom stereocenters. The van der Waals surface area contributed by atoms with Crippen LogP contribution in [0.4, 0.5) is 10.1 Å². The SMILES string of the molecule is Cc1nn(-c2nc(C)c(C)c(=O)[nH]2)c(C)c1CCC(=O)Nc1ccc(F)c(Cl)c1. The second-order valence-corrected chi connectivity index (χ2v) is 7.25. The highest BCUT2D eigenvalue weighted by Crippen LogP contribution is 2.21. The van der Waals surface area contributed by atoms with Gasteiger partial charge in [0.2, 0.25) is 11.9 Å². The molecule has 1 aromatic carbocycles. The topological polar surface area (TPSA) is 92.7 Å². The maximum Gasteiger partial charge on any atom is 0.255 e. The summed E-state index contributed by atoms with van der Waals surface area (Å²) in [5.74, 6) is -0.423. The second kappa shape index (κ2) is 8.16. The van der Waals surface area contributed by atoms with Gasteiger partial charge in [0.25, 0.3) is 5.56 Å². The monoisotopic (exact) mass is 417 g/mol. The standard InChI is InChI=1S/C20H21ClFN5O2/c1-10-11(2)23-20(25-19(10)29)27-13(4)15(12(3)26-27)6-8-18(28)24-14-5-7-17(22)16(21)9-14/h5,7,9H,6,8H2,1-4H3,(H,24,28)(H,23,25,29). The normalized spacial score (nSPS) is 11.0. The van der Waals surface area contributed by atoms with Crippen LogP contribution in [0, 0.1) is 33.5 Å². The molecular weight excluding hydrogens is 397 g/mol. The fraction of sp³-hybridized carbons (Fsp3) is 0.300. The Hall–Kier alpha value is -3.00. The Labute approximate surface area is 171 Å². The number of aromatic amines is 1. The summed E-state index contributed by atoms with van der Waals surface area (Å²) in [6.45, 7) is 7.19. The van der Waals surface area contributed by atoms with Crippen LogP contribution < -0.4 is 10.9 Å². The summed E-state index contributed by atoms with van der Waals surface area (Å²) >= 11 is 5.74. The van der Waals surface area contributed by atoms with Crippen molar-refractivity contribution in [2.75, 3.05) is 5.32 Å². The number of H-pyrrole nitrogens is 1. The number of carbonyl (C=O) groups excluding carboxylic acids is 1. The average Bonchev–Trinajstić information content (AvgIpc) is 2.94. The Morgan fingerprint density at radius 3 is 2.62 bits per heavy atom. The zero-order chi connectivity index (χ0) is 21.3. The Balaban J connectivity index is 1.76. The zero-order valence-electron chi connectivity index (χ0n) is 16.6. The van der Waals surface area contributed by atoms with E-state index in [0.29, 0.717) is 29.3 Å². The van der Waals surface area contributed by atoms with Gasteiger partial charge in [0, 0.05) is 29.1 Å². The van der Waals surface area contributed by atoms with E-state index in [2.05, 4.69) is 20.4 Å². The second-order valence-electron chi connectivity index (χ2n) is 6.84. The van der Waals surface area contributed by atoms with Gasteiger partial charge in [-0.2, -0.15) is 5.10 Å². The van der Waals surface area contributed by atoms with Gasteiger partial charge in [0.15, 0.2) is 0 Å². The molecule has 3 aromatic rings. The highest BCUT2D eigenvalue weighted by Gasteiger charge is 2.16. The van der Waals surface area contributed by atoms with Gasteiger partial charge in [-0.15, -0.1) is 0 Å². The maximum atomic E-state index is 13.2. The molecule has 2 heterocycles. The summed E-state index contributed by atoms with van der Waals surface area (Å²) in [7, 11) is 0. The van der Waals surface area contributed by atoms with Crippen molar-refractivity contribution >= 4 is 23.2 Å². The van der Waals surface area contributed by atoms with E-state index in [0.717, 1.165) is 17.0 Å². The van der Waals surface area contributed by atoms with E-state index in [1.54, 1.807) is 18.5 Å². The Kier molecular flexibility index (Phi) is 5.83. The molecule has 0 aliphatic heterocycles. The predicted molar refractivity (Wildman–Crippen MR) is 109 cm³/mol. The lowest BCUT2D eigenvalue weighted by Crippen LogP contribution is -2.18. The van der Waals surface area contributed by atoms with Crippen molar-refractivity contribution < 1.29 is 9.18 Å². The lowest BCUT2D eigenvalue weighted by Gasteiger charge is -2.08. The van der Waals surface area contributed by atoms with Crippen LogP contribution >= 0.6 is 11.6 Å². The van der Waals surface area contributed by atoms with Crippen LogP contribution in [0.2, 0.25) is 5.02 Å². The number of hydrogen-bond donors (Lipinski definition) is 2. The summed E-state index contributed by atoms with van der Waals surface area (Å²) in [6.07, 6.45) is 0.659. The van der Waals surface area contributed by atoms with E-state index < -0.39 is 5.82 Å². The molecule has 0 atom stereocenters. The highest BCUT2D eigenvalue weighted by molar-refractivity contribution is 6.31. The highest BCUT2D eigenvalue weighted by atomic mass is 35.5. The van der Waals surface area contributed by atoms with Crippen molar-refractivity contribution in [3.05, 3.63) is 67.6 Å². The Morgan fingerprint density at radius 2 is 1.97 bits per heavy atom. The third kappa shape index (κ3) is 4.37. The number of hydrogen-bond acceptors (Lipinski definition) is 4. The number of rotatable bonds is 5. The van der Waals surface area contributed by atoms with Gasteiger partial charge in [-0.1, -0.05) is 11.6 Å². The molecule has 7 nitrogen and oxygen atoms in total. The minimum Gasteiger partial charge on any atom is -0.326 e. The molecule has 0 radical (unpaired) electrons. The Morgan fingerprint density at radius 1 is 1.24 bits per heavy atom. The van der Waals surface area contributed by atoms with Crippen molar-refractivity contribution in [2.45, 2.75) is 40.5 Å². The molecule has 3 rings (SSSR count). The fourth-order valence-electron chi connectivity index (χ4n) is 3.01. The van der Waals surface area contributed by atoms with Gasteiger partial charge in [-0.25, -0.2) is 14.1 Å². The number of nitrogens with one attached hydrogen (secondary N) is 2. The number of carbonyl (C=O) groups is 1. The molecule has 0 bridgehead atoms. The molecule has 152 valence electrons. The first-order chi connectivity index (χ1) is 13.7. The van der Waals surface area contributed by atoms with Crippen LogP contribution in [0.25, 0.3) is 5.95 Å². The number of anilines is 1. The molecule has 0 aliphatic carbocycles. The molecule has 2 N–H and O–H groups in total. The lowest BCUT2D eigenvalue weighted by atomic mass is 10.1. The average molecular weight is 418 g/mol. The van der Waals surface area contributed by atoms with Crippen LogP contribution in [-0.2, 0) is 11.2 Å². The summed E-state index contributed by atoms with van der Waals surface area (Å²) in [6, 6.07) is 4.02. The van der Waals surface area contributed by atoms with Gasteiger partial charge in [0.1, 0.15) is 5.82 Å². The molecule has 29 heavy (non-hydrogen) atoms. The van der Waals surface area contributed by atoms with Crippen LogP contribution in [0.1, 0.15) is 34.6 Å². The zero-order valence-corrected chi connectivity index (χ0v) is 17.3. The minimum atomic E-state index is -0.540. The molecule has 0 spiro atoms. The van der Waals surface area contributed by atoms with Crippen LogP contribution in [0.15, 0.2) is 23.0 Å². The largest absolute Gasteiger partial charge is 0.326 e. The predicted octanol–water partition coefficient (Wildman–Crippen LogP) is 3.55. The van der Waals surface area contributed by atoms with Crippen molar-refractivity contribution in [3.63, 3.8) is 0 Å². The summed E-state index contributed by atoms with van der Waals surface area (Å²) in [5, 5.41) is 7.12. The summed E-state index contributed by atoms with van der Waals surface area (Å²) < 4.78 is 14.8. The summed E-state index contributed by atoms with van der Waals surface area (Å²) in [4.78, 5) is 31.5. The number of aryl methyl sites for hydroxylation is 2. The molecule has 0 aliphatic rings. The third-order valence-corrected chi connectivity index (χ3v) is 5.12. The van der Waals surface area contributed by atoms with E-state index >= 15 is 0 Å². The quantitative estimate of drug-likeness (QED) is 0.663. The molecular formula is C20H21ClFN5O2. The first-order valence-electron chi connectivity index (χ1n) is 9.05. The van der Waals surface area contributed by atoms with Gasteiger partial charge in [0.05, 0.1) is 10.7 Å². The first kappa shape index (κ1) is 20.7. The van der Waals surface area contributed by atoms with E-state index in [9.17, 15) is 14.0 Å². The van der Waals surface area contributed by atoms with E-state index in [1.807, 2.05) is 13.8 Å². The molecule has 0 saturated carbocycles. The fourth-order valence-corrected chi connectivity index (χ4v) is 3.19. The van der Waals surface area contributed by atoms with Crippen molar-refractivity contribution in [1.82, 2.24) is 19.7 Å². The smallest absolute Gasteiger partial charge is 0.255 e. The maximum absolute atomic E-state index is 13.2. The van der Waals surface area contributed by atoms with E-state index in [-0.39, 0.29) is 22.9 Å². The van der Waals surface area contributed by atoms with E-state index in [1.165, 1.54) is 18.2 Å². The minimum absolute atomic E-state index is 0.0503. The van der Waals surface area contributed by atoms with Crippen molar-refractivity contribution in [2.24, 2.45) is 0 Å². The van der Waals surface area contributed by atoms with E-state index in [4.69, 9.17) is 11.6 Å². The van der Waals surface area contributed by atoms with Gasteiger partial charge < -0.3 is 5.32 Å². The molecule has 9 heteroatoms. The van der Waals surface area contributed by atoms with Crippen molar-refractivity contribution in [1.29, 1.82) is 0 Å². The van der Waals surface area contributed by atoms with Crippen molar-refractivity contribution in [3.8, 4) is 5.95 Å². The Bertz CT molecular complexity index is 1150. The molecule has 0 saturated heterocycles. The summed E-state index contributed by atoms with van der Waals surface area (Å²) in [5.41, 5.74) is 3.87. The number of benzene rings is 1. The number of halogens is 2. The third-order valence-electron chi connectivity index (χ3n) is 4.83. The number of amides is 1. The molecule has 0 fully saturated rings. The lowest BCUT2D eigenvalue weighted by molar-refractivity contribution is -0.116. The molecule has 2 aromatic heterocycles. The molecule has 1 amide bonds. The number of nitrogens with zero attached hydrogens (tertiary/aromatic N) is 3. The number of aromatic nitrogens is 4. The van der Waals surface area contributed by atoms with Crippen LogP contribution in [-0.4, -0.2) is 25.7 Å². The van der Waals surface area contributed by atoms with Crippen LogP contribution in [0.3, 0.4) is 0 Å². The van der Waals surface area contributed by atoms with Gasteiger partial charge in [-0.3, -0.25) is 14.6 Å². The van der Waals surface area contributed by atoms with Gasteiger partial charge >= 0.3 is 0 Å². The first-order valence-corrected chi connectivity index (χ1v) is 9.43. The van der Waals surface area contributed by atoms with Crippen LogP contribution in [0.5, 0.6) is 0 Å².